The summed E-state index contributed by atoms with van der Waals surface area (Å²) in [6.45, 7) is 8.17. The summed E-state index contributed by atoms with van der Waals surface area (Å²) in [5.41, 5.74) is 2.07. The molecule has 1 aromatic rings. The summed E-state index contributed by atoms with van der Waals surface area (Å²) in [6.07, 6.45) is 1.27. The van der Waals surface area contributed by atoms with Crippen molar-refractivity contribution in [2.45, 2.75) is 39.2 Å². The fourth-order valence-electron chi connectivity index (χ4n) is 1.14. The zero-order chi connectivity index (χ0) is 10.1. The van der Waals surface area contributed by atoms with Crippen LogP contribution in [0.4, 0.5) is 0 Å². The third-order valence-corrected chi connectivity index (χ3v) is 2.08. The second kappa shape index (κ2) is 3.46. The van der Waals surface area contributed by atoms with E-state index in [1.807, 2.05) is 12.1 Å². The molecule has 1 heterocycles. The number of aliphatic hydroxyl groups is 1. The predicted octanol–water partition coefficient (Wildman–Crippen LogP) is 2.43. The molecule has 0 aliphatic rings. The Kier molecular flexibility index (Phi) is 2.71. The Morgan fingerprint density at radius 3 is 2.46 bits per heavy atom. The molecule has 0 aliphatic carbocycles. The molecule has 1 N–H and O–H groups in total. The zero-order valence-electron chi connectivity index (χ0n) is 8.70. The fourth-order valence-corrected chi connectivity index (χ4v) is 1.14. The van der Waals surface area contributed by atoms with Gasteiger partial charge in [-0.15, -0.1) is 0 Å². The highest BCUT2D eigenvalue weighted by Gasteiger charge is 2.14. The van der Waals surface area contributed by atoms with E-state index in [9.17, 15) is 5.11 Å². The smallest absolute Gasteiger partial charge is 0.0931 e. The van der Waals surface area contributed by atoms with Gasteiger partial charge in [0.25, 0.3) is 0 Å². The first-order valence-corrected chi connectivity index (χ1v) is 4.56. The molecule has 0 fully saturated rings. The van der Waals surface area contributed by atoms with Gasteiger partial charge in [0.1, 0.15) is 0 Å². The van der Waals surface area contributed by atoms with Crippen molar-refractivity contribution >= 4 is 0 Å². The summed E-state index contributed by atoms with van der Waals surface area (Å²) in [7, 11) is 0. The summed E-state index contributed by atoms with van der Waals surface area (Å²) in [6, 6.07) is 3.95. The predicted molar refractivity (Wildman–Crippen MR) is 53.6 cm³/mol. The van der Waals surface area contributed by atoms with Gasteiger partial charge in [-0.3, -0.25) is 4.98 Å². The fraction of sp³-hybridized carbons (Fsp3) is 0.545. The molecule has 0 unspecified atom stereocenters. The third kappa shape index (κ3) is 2.52. The number of pyridine rings is 1. The Bertz CT molecular complexity index is 286. The molecule has 0 aromatic carbocycles. The van der Waals surface area contributed by atoms with Gasteiger partial charge in [0, 0.05) is 6.20 Å². The average molecular weight is 179 g/mol. The van der Waals surface area contributed by atoms with Crippen LogP contribution in [0.2, 0.25) is 0 Å². The molecule has 0 aliphatic heterocycles. The molecule has 0 amide bonds. The van der Waals surface area contributed by atoms with Crippen molar-refractivity contribution < 1.29 is 5.11 Å². The minimum atomic E-state index is -0.484. The molecule has 0 saturated heterocycles. The molecule has 2 nitrogen and oxygen atoms in total. The van der Waals surface area contributed by atoms with E-state index in [2.05, 4.69) is 25.8 Å². The largest absolute Gasteiger partial charge is 0.387 e. The number of aliphatic hydroxyl groups excluding tert-OH is 1. The monoisotopic (exact) mass is 179 g/mol. The van der Waals surface area contributed by atoms with Crippen LogP contribution in [0.3, 0.4) is 0 Å². The Morgan fingerprint density at radius 1 is 1.38 bits per heavy atom. The van der Waals surface area contributed by atoms with Gasteiger partial charge in [0.05, 0.1) is 11.8 Å². The molecule has 0 saturated carbocycles. The molecule has 2 heteroatoms. The van der Waals surface area contributed by atoms with Crippen LogP contribution in [0.25, 0.3) is 0 Å². The van der Waals surface area contributed by atoms with Crippen molar-refractivity contribution in [3.8, 4) is 0 Å². The first-order chi connectivity index (χ1) is 5.91. The van der Waals surface area contributed by atoms with Crippen molar-refractivity contribution in [1.29, 1.82) is 0 Å². The maximum Gasteiger partial charge on any atom is 0.0931 e. The van der Waals surface area contributed by atoms with Crippen molar-refractivity contribution in [3.63, 3.8) is 0 Å². The van der Waals surface area contributed by atoms with E-state index in [1.54, 1.807) is 13.1 Å². The van der Waals surface area contributed by atoms with Gasteiger partial charge in [-0.25, -0.2) is 0 Å². The lowest BCUT2D eigenvalue weighted by Crippen LogP contribution is -2.12. The van der Waals surface area contributed by atoms with Crippen molar-refractivity contribution in [3.05, 3.63) is 29.6 Å². The van der Waals surface area contributed by atoms with Crippen LogP contribution in [0.1, 0.15) is 45.1 Å². The first-order valence-electron chi connectivity index (χ1n) is 4.56. The summed E-state index contributed by atoms with van der Waals surface area (Å²) in [4.78, 5) is 4.10. The minimum Gasteiger partial charge on any atom is -0.387 e. The quantitative estimate of drug-likeness (QED) is 0.718. The van der Waals surface area contributed by atoms with E-state index in [0.29, 0.717) is 0 Å². The first kappa shape index (κ1) is 10.2. The van der Waals surface area contributed by atoms with Crippen LogP contribution < -0.4 is 0 Å². The van der Waals surface area contributed by atoms with Gasteiger partial charge < -0.3 is 5.11 Å². The normalized spacial score (nSPS) is 14.2. The van der Waals surface area contributed by atoms with E-state index in [-0.39, 0.29) is 5.41 Å². The van der Waals surface area contributed by atoms with E-state index in [4.69, 9.17) is 0 Å². The topological polar surface area (TPSA) is 33.1 Å². The van der Waals surface area contributed by atoms with Crippen LogP contribution in [0.15, 0.2) is 18.3 Å². The van der Waals surface area contributed by atoms with Gasteiger partial charge in [-0.1, -0.05) is 20.8 Å². The highest BCUT2D eigenvalue weighted by Crippen LogP contribution is 2.23. The van der Waals surface area contributed by atoms with Crippen LogP contribution in [-0.4, -0.2) is 10.1 Å². The number of rotatable bonds is 1. The molecule has 0 radical (unpaired) electrons. The molecule has 13 heavy (non-hydrogen) atoms. The van der Waals surface area contributed by atoms with Crippen LogP contribution >= 0.6 is 0 Å². The van der Waals surface area contributed by atoms with Gasteiger partial charge in [-0.05, 0) is 30.0 Å². The molecule has 0 bridgehead atoms. The van der Waals surface area contributed by atoms with Gasteiger partial charge >= 0.3 is 0 Å². The summed E-state index contributed by atoms with van der Waals surface area (Å²) in [5.74, 6) is 0. The van der Waals surface area contributed by atoms with E-state index < -0.39 is 6.10 Å². The van der Waals surface area contributed by atoms with Gasteiger partial charge in [0.15, 0.2) is 0 Å². The second-order valence-electron chi connectivity index (χ2n) is 4.40. The Labute approximate surface area is 79.6 Å². The number of hydrogen-bond donors (Lipinski definition) is 1. The molecular weight excluding hydrogens is 162 g/mol. The van der Waals surface area contributed by atoms with E-state index in [1.165, 1.54) is 5.56 Å². The van der Waals surface area contributed by atoms with Crippen LogP contribution in [0.5, 0.6) is 0 Å². The summed E-state index contributed by atoms with van der Waals surface area (Å²) in [5, 5.41) is 9.35. The minimum absolute atomic E-state index is 0.118. The maximum absolute atomic E-state index is 9.35. The maximum atomic E-state index is 9.35. The number of nitrogens with zero attached hydrogens (tertiary/aromatic N) is 1. The van der Waals surface area contributed by atoms with Crippen LogP contribution in [-0.2, 0) is 5.41 Å². The SMILES string of the molecule is C[C@H](O)c1cc(C(C)(C)C)ccn1. The second-order valence-corrected chi connectivity index (χ2v) is 4.40. The van der Waals surface area contributed by atoms with Gasteiger partial charge in [-0.2, -0.15) is 0 Å². The molecular formula is C11H17NO. The van der Waals surface area contributed by atoms with Gasteiger partial charge in [0.2, 0.25) is 0 Å². The Hall–Kier alpha value is -0.890. The Morgan fingerprint density at radius 2 is 2.00 bits per heavy atom. The summed E-state index contributed by atoms with van der Waals surface area (Å²) >= 11 is 0. The average Bonchev–Trinajstić information content (AvgIpc) is 2.03. The van der Waals surface area contributed by atoms with E-state index in [0.717, 1.165) is 5.69 Å². The van der Waals surface area contributed by atoms with E-state index >= 15 is 0 Å². The zero-order valence-corrected chi connectivity index (χ0v) is 8.70. The summed E-state index contributed by atoms with van der Waals surface area (Å²) < 4.78 is 0. The lowest BCUT2D eigenvalue weighted by molar-refractivity contribution is 0.194. The van der Waals surface area contributed by atoms with Crippen molar-refractivity contribution in [2.24, 2.45) is 0 Å². The highest BCUT2D eigenvalue weighted by atomic mass is 16.3. The Balaban J connectivity index is 3.06. The van der Waals surface area contributed by atoms with Crippen LogP contribution in [0, 0.1) is 0 Å². The highest BCUT2D eigenvalue weighted by molar-refractivity contribution is 5.24. The number of aromatic nitrogens is 1. The molecule has 0 spiro atoms. The van der Waals surface area contributed by atoms with Crippen molar-refractivity contribution in [1.82, 2.24) is 4.98 Å². The third-order valence-electron chi connectivity index (χ3n) is 2.08. The standard InChI is InChI=1S/C11H17NO/c1-8(13)10-7-9(5-6-12-10)11(2,3)4/h5-8,13H,1-4H3/t8-/m0/s1. The molecule has 1 rings (SSSR count). The molecule has 1 atom stereocenters. The van der Waals surface area contributed by atoms with Crippen molar-refractivity contribution in [2.75, 3.05) is 0 Å². The molecule has 1 aromatic heterocycles. The number of hydrogen-bond acceptors (Lipinski definition) is 2. The lowest BCUT2D eigenvalue weighted by atomic mass is 9.87. The lowest BCUT2D eigenvalue weighted by Gasteiger charge is -2.19. The molecule has 72 valence electrons.